The molecule has 0 radical (unpaired) electrons. The van der Waals surface area contributed by atoms with Gasteiger partial charge in [-0.15, -0.1) is 0 Å². The van der Waals surface area contributed by atoms with Crippen molar-refractivity contribution in [2.75, 3.05) is 20.3 Å². The number of methoxy groups -OCH3 is 1. The summed E-state index contributed by atoms with van der Waals surface area (Å²) in [7, 11) is -9.15. The second-order valence-electron chi connectivity index (χ2n) is 25.8. The summed E-state index contributed by atoms with van der Waals surface area (Å²) in [4.78, 5) is 0. The minimum absolute atomic E-state index is 0.0750. The van der Waals surface area contributed by atoms with Crippen LogP contribution in [-0.2, 0) is 87.7 Å². The number of hydrogen-bond donors (Lipinski definition) is 2. The molecule has 0 aliphatic carbocycles. The molecule has 17 atom stereocenters. The van der Waals surface area contributed by atoms with Crippen LogP contribution in [0.25, 0.3) is 0 Å². The Morgan fingerprint density at radius 3 is 1.53 bits per heavy atom. The molecule has 5 aromatic rings. The highest BCUT2D eigenvalue weighted by Gasteiger charge is 2.66. The molecular weight excluding hydrogens is 1310 g/mol. The van der Waals surface area contributed by atoms with Crippen LogP contribution in [0.1, 0.15) is 92.3 Å². The lowest BCUT2D eigenvalue weighted by Gasteiger charge is -2.44. The van der Waals surface area contributed by atoms with Crippen LogP contribution in [-0.4, -0.2) is 137 Å². The largest absolute Gasteiger partial charge is 0.497 e. The SMILES string of the molecule is CC1(C)O[C@H]2[C@@H]([C@H]3COC(C)(C)O3)O[P@@](=O)(c3ccccc3)[C@@H](OC(=N)C(Cl)(Cl)Cl)[C@H]2O1.CC[C@H]1O[P@@](=O)(c2ccc(OC)cc2)C(O)[C@@H](OCc2ccccc2)[C@@H]1C.Cc1ccc(C[C@H]2[C@H]3OC(C)(C)O[C@H]3[C@@H]([C@H]3COC(C)(C)O3)O[P@@]2(=O)c2ccccc2)cc1. The second-order valence-corrected chi connectivity index (χ2v) is 35.6. The molecule has 502 valence electrons. The van der Waals surface area contributed by atoms with Crippen LogP contribution >= 0.6 is 56.9 Å². The van der Waals surface area contributed by atoms with E-state index in [4.69, 9.17) is 106 Å². The molecular formula is C67H85Cl3NO18P3. The van der Waals surface area contributed by atoms with Gasteiger partial charge in [-0.3, -0.25) is 19.1 Å². The molecule has 0 saturated carbocycles. The Hall–Kier alpha value is -3.59. The fraction of sp³-hybridized carbons (Fsp3) is 0.537. The van der Waals surface area contributed by atoms with Gasteiger partial charge in [0.1, 0.15) is 54.6 Å². The summed E-state index contributed by atoms with van der Waals surface area (Å²) in [6.45, 7) is 21.5. The van der Waals surface area contributed by atoms with Crippen molar-refractivity contribution >= 4 is 78.7 Å². The van der Waals surface area contributed by atoms with Crippen molar-refractivity contribution in [3.8, 4) is 5.75 Å². The molecule has 2 N–H and O–H groups in total. The zero-order chi connectivity index (χ0) is 66.4. The Kier molecular flexibility index (Phi) is 21.7. The summed E-state index contributed by atoms with van der Waals surface area (Å²) in [6, 6.07) is 43.0. The minimum Gasteiger partial charge on any atom is -0.497 e. The van der Waals surface area contributed by atoms with Crippen LogP contribution in [0.3, 0.4) is 0 Å². The molecule has 0 amide bonds. The Labute approximate surface area is 554 Å². The van der Waals surface area contributed by atoms with Gasteiger partial charge in [0.05, 0.1) is 44.8 Å². The van der Waals surface area contributed by atoms with E-state index in [9.17, 15) is 18.8 Å². The van der Waals surface area contributed by atoms with Gasteiger partial charge >= 0.3 is 0 Å². The number of benzene rings is 5. The van der Waals surface area contributed by atoms with Gasteiger partial charge in [0.25, 0.3) is 18.5 Å². The lowest BCUT2D eigenvalue weighted by molar-refractivity contribution is -0.174. The van der Waals surface area contributed by atoms with E-state index in [1.807, 2.05) is 102 Å². The average Bonchev–Trinajstić information content (AvgIpc) is 1.57. The zero-order valence-electron chi connectivity index (χ0n) is 53.8. The Bertz CT molecular complexity index is 3460. The van der Waals surface area contributed by atoms with E-state index in [-0.39, 0.29) is 24.3 Å². The molecule has 7 fully saturated rings. The molecule has 0 spiro atoms. The van der Waals surface area contributed by atoms with E-state index in [0.29, 0.717) is 47.7 Å². The number of aliphatic hydroxyl groups excluding tert-OH is 1. The van der Waals surface area contributed by atoms with Crippen LogP contribution in [0.2, 0.25) is 0 Å². The fourth-order valence-electron chi connectivity index (χ4n) is 12.7. The monoisotopic (exact) mass is 1390 g/mol. The first-order valence-corrected chi connectivity index (χ1v) is 37.2. The van der Waals surface area contributed by atoms with Crippen molar-refractivity contribution in [3.63, 3.8) is 0 Å². The van der Waals surface area contributed by atoms with Gasteiger partial charge in [0, 0.05) is 21.8 Å². The number of aryl methyl sites for hydroxylation is 1. The normalized spacial score (nSPS) is 35.7. The zero-order valence-corrected chi connectivity index (χ0v) is 58.7. The van der Waals surface area contributed by atoms with Crippen molar-refractivity contribution < 1.29 is 84.5 Å². The molecule has 5 aromatic carbocycles. The number of fused-ring (bicyclic) bond motifs is 2. The standard InChI is InChI=1S/C26H33O6P.C21H27O5P.C20H25Cl3NO7P/c1-17-11-13-18(14-12-17)15-21-23-24(31-26(4,5)30-23)22(20-16-28-25(2,3)29-20)32-33(21,27)19-9-7-6-8-10-19;1-4-19-15(2)20(25-14-16-8-6-5-7-9-16)21(22)27(23,26-19)18-12-10-17(24-3)11-13-18;1-18(2)26-10-12(28-18)13-14-15(30-19(3,4)29-14)16(27-17(24)20(21,22)23)32(25,31-13)11-8-6-5-7-9-11/h6-14,20-24H,15-16H2,1-5H3;5-13,15,19-22H,4,14H2,1-3H3;5-9,12-16,24H,10H2,1-4H3/t20-,21+,22-,23-,24+,33+;15-,19-,20+,21?,27+;12-,13-,14+,15+,16-,32+/m111/s1. The first-order valence-electron chi connectivity index (χ1n) is 30.9. The first kappa shape index (κ1) is 71.2. The van der Waals surface area contributed by atoms with Gasteiger partial charge in [-0.05, 0) is 135 Å². The topological polar surface area (TPSA) is 225 Å². The highest BCUT2D eigenvalue weighted by Crippen LogP contribution is 2.64. The number of alkyl halides is 3. The quantitative estimate of drug-likeness (QED) is 0.0484. The smallest absolute Gasteiger partial charge is 0.274 e. The van der Waals surface area contributed by atoms with E-state index in [2.05, 4.69) is 31.2 Å². The van der Waals surface area contributed by atoms with Crippen molar-refractivity contribution in [2.24, 2.45) is 5.92 Å². The maximum atomic E-state index is 14.9. The summed E-state index contributed by atoms with van der Waals surface area (Å²) in [6.07, 6.45) is -4.34. The molecule has 19 nitrogen and oxygen atoms in total. The third-order valence-corrected chi connectivity index (χ3v) is 25.9. The molecule has 92 heavy (non-hydrogen) atoms. The van der Waals surface area contributed by atoms with Gasteiger partial charge in [0.2, 0.25) is 19.1 Å². The first-order chi connectivity index (χ1) is 43.3. The molecule has 1 unspecified atom stereocenters. The van der Waals surface area contributed by atoms with Crippen molar-refractivity contribution in [3.05, 3.63) is 156 Å². The maximum absolute atomic E-state index is 14.9. The molecule has 25 heteroatoms. The lowest BCUT2D eigenvalue weighted by Crippen LogP contribution is -2.56. The van der Waals surface area contributed by atoms with Gasteiger partial charge < -0.3 is 70.8 Å². The third-order valence-electron chi connectivity index (χ3n) is 17.2. The molecule has 12 rings (SSSR count). The van der Waals surface area contributed by atoms with E-state index in [1.54, 1.807) is 89.4 Å². The molecule has 0 bridgehead atoms. The third kappa shape index (κ3) is 15.7. The predicted octanol–water partition coefficient (Wildman–Crippen LogP) is 12.9. The van der Waals surface area contributed by atoms with Gasteiger partial charge in [-0.2, -0.15) is 0 Å². The van der Waals surface area contributed by atoms with Gasteiger partial charge in [-0.25, -0.2) is 0 Å². The molecule has 7 saturated heterocycles. The van der Waals surface area contributed by atoms with Crippen molar-refractivity contribution in [1.82, 2.24) is 0 Å². The number of ether oxygens (including phenoxy) is 11. The van der Waals surface area contributed by atoms with Crippen molar-refractivity contribution in [2.45, 2.75) is 201 Å². The van der Waals surface area contributed by atoms with Gasteiger partial charge in [-0.1, -0.05) is 145 Å². The summed E-state index contributed by atoms with van der Waals surface area (Å²) >= 11 is 17.5. The van der Waals surface area contributed by atoms with Crippen LogP contribution in [0.5, 0.6) is 5.75 Å². The average molecular weight is 1390 g/mol. The van der Waals surface area contributed by atoms with Crippen LogP contribution in [0.15, 0.2) is 140 Å². The van der Waals surface area contributed by atoms with E-state index in [1.165, 1.54) is 5.56 Å². The van der Waals surface area contributed by atoms with Crippen LogP contribution in [0, 0.1) is 18.3 Å². The van der Waals surface area contributed by atoms with Crippen molar-refractivity contribution in [1.29, 1.82) is 5.41 Å². The highest BCUT2D eigenvalue weighted by atomic mass is 35.6. The van der Waals surface area contributed by atoms with Crippen LogP contribution < -0.4 is 20.7 Å². The molecule has 7 aliphatic heterocycles. The summed E-state index contributed by atoms with van der Waals surface area (Å²) in [5.74, 6) is -6.03. The number of halogens is 3. The number of rotatable bonds is 13. The maximum Gasteiger partial charge on any atom is 0.274 e. The Balaban J connectivity index is 0.000000152. The molecule has 7 heterocycles. The lowest BCUT2D eigenvalue weighted by atomic mass is 9.96. The van der Waals surface area contributed by atoms with E-state index >= 15 is 0 Å². The Morgan fingerprint density at radius 1 is 0.576 bits per heavy atom. The second kappa shape index (κ2) is 28.1. The van der Waals surface area contributed by atoms with Gasteiger partial charge in [0.15, 0.2) is 29.0 Å². The number of hydrogen-bond acceptors (Lipinski definition) is 19. The number of aliphatic hydroxyl groups is 1. The highest BCUT2D eigenvalue weighted by molar-refractivity contribution is 7.68. The minimum atomic E-state index is -3.86. The fourth-order valence-corrected chi connectivity index (χ4v) is 21.0. The predicted molar refractivity (Wildman–Crippen MR) is 352 cm³/mol. The molecule has 7 aliphatic rings. The van der Waals surface area contributed by atoms with E-state index < -0.39 is 122 Å². The summed E-state index contributed by atoms with van der Waals surface area (Å²) in [5.41, 5.74) is 2.90. The van der Waals surface area contributed by atoms with E-state index in [0.717, 1.165) is 11.1 Å². The summed E-state index contributed by atoms with van der Waals surface area (Å²) in [5, 5.41) is 20.6. The summed E-state index contributed by atoms with van der Waals surface area (Å²) < 4.78 is 125. The van der Waals surface area contributed by atoms with Crippen LogP contribution in [0.4, 0.5) is 0 Å². The number of nitrogens with one attached hydrogen (secondary N) is 1. The Morgan fingerprint density at radius 2 is 1.04 bits per heavy atom. The molecule has 0 aromatic heterocycles.